The van der Waals surface area contributed by atoms with Crippen LogP contribution in [0.5, 0.6) is 0 Å². The summed E-state index contributed by atoms with van der Waals surface area (Å²) in [6.07, 6.45) is 4.17. The molecule has 3 aromatic carbocycles. The molecule has 5 rings (SSSR count). The van der Waals surface area contributed by atoms with E-state index in [2.05, 4.69) is 12.2 Å². The number of carbonyl (C=O) groups is 2. The lowest BCUT2D eigenvalue weighted by Gasteiger charge is -2.32. The molecule has 2 aliphatic rings. The number of fused-ring (bicyclic) bond motifs is 1. The molecule has 0 aromatic heterocycles. The van der Waals surface area contributed by atoms with Crippen LogP contribution >= 0.6 is 0 Å². The summed E-state index contributed by atoms with van der Waals surface area (Å²) in [5, 5.41) is 0. The van der Waals surface area contributed by atoms with Crippen LogP contribution in [-0.2, 0) is 16.1 Å². The van der Waals surface area contributed by atoms with Crippen molar-refractivity contribution in [1.82, 2.24) is 4.90 Å². The van der Waals surface area contributed by atoms with E-state index in [0.29, 0.717) is 0 Å². The molecule has 4 atom stereocenters. The number of rotatable bonds is 4. The molecule has 1 saturated heterocycles. The molecule has 0 saturated carbocycles. The Balaban J connectivity index is 1.55. The summed E-state index contributed by atoms with van der Waals surface area (Å²) in [5.41, 5.74) is 2.80. The van der Waals surface area contributed by atoms with Crippen LogP contribution in [0.25, 0.3) is 0 Å². The number of imide groups is 1. The number of halogens is 1. The van der Waals surface area contributed by atoms with Gasteiger partial charge in [-0.25, -0.2) is 4.39 Å². The smallest absolute Gasteiger partial charge is 0.234 e. The van der Waals surface area contributed by atoms with E-state index >= 15 is 0 Å². The van der Waals surface area contributed by atoms with Gasteiger partial charge in [-0.05, 0) is 28.8 Å². The number of hydrogen-bond donors (Lipinski definition) is 0. The first-order chi connectivity index (χ1) is 15.1. The first kappa shape index (κ1) is 19.4. The van der Waals surface area contributed by atoms with Crippen molar-refractivity contribution in [1.29, 1.82) is 0 Å². The van der Waals surface area contributed by atoms with Crippen molar-refractivity contribution in [3.8, 4) is 0 Å². The second-order valence-electron chi connectivity index (χ2n) is 8.20. The lowest BCUT2D eigenvalue weighted by Crippen LogP contribution is -2.31. The topological polar surface area (TPSA) is 37.4 Å². The van der Waals surface area contributed by atoms with Gasteiger partial charge in [-0.3, -0.25) is 14.5 Å². The Morgan fingerprint density at radius 1 is 0.645 bits per heavy atom. The summed E-state index contributed by atoms with van der Waals surface area (Å²) < 4.78 is 13.3. The quantitative estimate of drug-likeness (QED) is 0.444. The minimum atomic E-state index is -0.453. The summed E-state index contributed by atoms with van der Waals surface area (Å²) in [4.78, 5) is 28.5. The van der Waals surface area contributed by atoms with Crippen LogP contribution < -0.4 is 0 Å². The van der Waals surface area contributed by atoms with E-state index in [-0.39, 0.29) is 36.0 Å². The van der Waals surface area contributed by atoms with Gasteiger partial charge in [0, 0.05) is 11.8 Å². The first-order valence-electron chi connectivity index (χ1n) is 10.5. The molecule has 0 bridgehead atoms. The number of allylic oxidation sites excluding steroid dienone is 2. The molecular weight excluding hydrogens is 389 g/mol. The lowest BCUT2D eigenvalue weighted by molar-refractivity contribution is -0.140. The van der Waals surface area contributed by atoms with Crippen LogP contribution in [0, 0.1) is 17.7 Å². The molecule has 1 fully saturated rings. The molecule has 0 N–H and O–H groups in total. The van der Waals surface area contributed by atoms with E-state index in [1.165, 1.54) is 17.0 Å². The van der Waals surface area contributed by atoms with E-state index in [9.17, 15) is 14.0 Å². The van der Waals surface area contributed by atoms with Crippen molar-refractivity contribution in [3.63, 3.8) is 0 Å². The average Bonchev–Trinajstić information content (AvgIpc) is 3.06. The Bertz CT molecular complexity index is 1060. The zero-order valence-corrected chi connectivity index (χ0v) is 16.9. The largest absolute Gasteiger partial charge is 0.278 e. The molecule has 31 heavy (non-hydrogen) atoms. The van der Waals surface area contributed by atoms with Crippen molar-refractivity contribution >= 4 is 11.8 Å². The highest BCUT2D eigenvalue weighted by Crippen LogP contribution is 2.49. The zero-order valence-electron chi connectivity index (χ0n) is 16.9. The van der Waals surface area contributed by atoms with Gasteiger partial charge in [0.15, 0.2) is 0 Å². The SMILES string of the molecule is O=C1C2C(c3ccccc3)C=CC(c3ccccc3)C2C(=O)N1Cc1ccc(F)cc1. The Kier molecular flexibility index (Phi) is 4.99. The van der Waals surface area contributed by atoms with Crippen molar-refractivity contribution in [3.05, 3.63) is 120 Å². The van der Waals surface area contributed by atoms with Crippen molar-refractivity contribution < 1.29 is 14.0 Å². The maximum absolute atomic E-state index is 13.6. The highest BCUT2D eigenvalue weighted by Gasteiger charge is 2.54. The van der Waals surface area contributed by atoms with Crippen molar-refractivity contribution in [2.24, 2.45) is 11.8 Å². The molecule has 4 heteroatoms. The Hall–Kier alpha value is -3.53. The molecule has 154 valence electrons. The third kappa shape index (κ3) is 3.48. The number of carbonyl (C=O) groups excluding carboxylic acids is 2. The normalized spacial score (nSPS) is 25.0. The third-order valence-electron chi connectivity index (χ3n) is 6.41. The fourth-order valence-corrected chi connectivity index (χ4v) is 4.92. The van der Waals surface area contributed by atoms with E-state index in [1.807, 2.05) is 60.7 Å². The van der Waals surface area contributed by atoms with Crippen molar-refractivity contribution in [2.45, 2.75) is 18.4 Å². The number of likely N-dealkylation sites (tertiary alicyclic amines) is 1. The molecule has 0 radical (unpaired) electrons. The van der Waals surface area contributed by atoms with Gasteiger partial charge in [0.1, 0.15) is 5.82 Å². The predicted octanol–water partition coefficient (Wildman–Crippen LogP) is 5.06. The van der Waals surface area contributed by atoms with E-state index in [1.54, 1.807) is 12.1 Å². The average molecular weight is 411 g/mol. The van der Waals surface area contributed by atoms with Crippen LogP contribution in [0.1, 0.15) is 28.5 Å². The molecule has 4 unspecified atom stereocenters. The molecule has 1 heterocycles. The zero-order chi connectivity index (χ0) is 21.4. The van der Waals surface area contributed by atoms with Gasteiger partial charge in [0.25, 0.3) is 0 Å². The van der Waals surface area contributed by atoms with Crippen LogP contribution in [0.15, 0.2) is 97.1 Å². The second kappa shape index (κ2) is 7.95. The van der Waals surface area contributed by atoms with Crippen LogP contribution in [0.3, 0.4) is 0 Å². The molecular formula is C27H22FNO2. The van der Waals surface area contributed by atoms with Gasteiger partial charge in [0.05, 0.1) is 18.4 Å². The van der Waals surface area contributed by atoms with E-state index in [0.717, 1.165) is 16.7 Å². The summed E-state index contributed by atoms with van der Waals surface area (Å²) in [6, 6.07) is 25.7. The minimum Gasteiger partial charge on any atom is -0.278 e. The van der Waals surface area contributed by atoms with E-state index in [4.69, 9.17) is 0 Å². The van der Waals surface area contributed by atoms with Gasteiger partial charge in [-0.15, -0.1) is 0 Å². The van der Waals surface area contributed by atoms with E-state index < -0.39 is 11.8 Å². The van der Waals surface area contributed by atoms with Gasteiger partial charge in [0.2, 0.25) is 11.8 Å². The summed E-state index contributed by atoms with van der Waals surface area (Å²) in [7, 11) is 0. The molecule has 2 amide bonds. The summed E-state index contributed by atoms with van der Waals surface area (Å²) in [6.45, 7) is 0.161. The maximum atomic E-state index is 13.6. The van der Waals surface area contributed by atoms with Gasteiger partial charge in [-0.2, -0.15) is 0 Å². The number of nitrogens with zero attached hydrogens (tertiary/aromatic N) is 1. The van der Waals surface area contributed by atoms with Gasteiger partial charge >= 0.3 is 0 Å². The highest BCUT2D eigenvalue weighted by atomic mass is 19.1. The Morgan fingerprint density at radius 3 is 1.55 bits per heavy atom. The van der Waals surface area contributed by atoms with Crippen LogP contribution in [-0.4, -0.2) is 16.7 Å². The predicted molar refractivity (Wildman–Crippen MR) is 116 cm³/mol. The monoisotopic (exact) mass is 411 g/mol. The Labute approximate surface area is 180 Å². The number of hydrogen-bond acceptors (Lipinski definition) is 2. The van der Waals surface area contributed by atoms with Gasteiger partial charge < -0.3 is 0 Å². The number of benzene rings is 3. The second-order valence-corrected chi connectivity index (χ2v) is 8.20. The third-order valence-corrected chi connectivity index (χ3v) is 6.41. The van der Waals surface area contributed by atoms with Crippen molar-refractivity contribution in [2.75, 3.05) is 0 Å². The Morgan fingerprint density at radius 2 is 1.10 bits per heavy atom. The fraction of sp³-hybridized carbons (Fsp3) is 0.185. The lowest BCUT2D eigenvalue weighted by atomic mass is 9.68. The standard InChI is InChI=1S/C27H22FNO2/c28-21-13-11-18(12-14-21)17-29-26(30)24-22(19-7-3-1-4-8-19)15-16-23(25(24)27(29)31)20-9-5-2-6-10-20/h1-16,22-25H,17H2. The molecule has 3 aromatic rings. The fourth-order valence-electron chi connectivity index (χ4n) is 4.92. The van der Waals surface area contributed by atoms with Crippen LogP contribution in [0.4, 0.5) is 4.39 Å². The molecule has 1 aliphatic heterocycles. The highest BCUT2D eigenvalue weighted by molar-refractivity contribution is 6.06. The summed E-state index contributed by atoms with van der Waals surface area (Å²) in [5.74, 6) is -1.86. The molecule has 3 nitrogen and oxygen atoms in total. The first-order valence-corrected chi connectivity index (χ1v) is 10.5. The maximum Gasteiger partial charge on any atom is 0.234 e. The van der Waals surface area contributed by atoms with Crippen LogP contribution in [0.2, 0.25) is 0 Å². The molecule has 1 aliphatic carbocycles. The van der Waals surface area contributed by atoms with Gasteiger partial charge in [-0.1, -0.05) is 84.9 Å². The summed E-state index contributed by atoms with van der Waals surface area (Å²) >= 11 is 0. The molecule has 0 spiro atoms. The number of amides is 2. The minimum absolute atomic E-state index is 0.152.